The topological polar surface area (TPSA) is 61.9 Å². The van der Waals surface area contributed by atoms with Crippen molar-refractivity contribution in [2.24, 2.45) is 11.8 Å². The maximum absolute atomic E-state index is 11.9. The highest BCUT2D eigenvalue weighted by molar-refractivity contribution is 5.76. The Hall–Kier alpha value is -2.08. The van der Waals surface area contributed by atoms with Gasteiger partial charge >= 0.3 is 0 Å². The summed E-state index contributed by atoms with van der Waals surface area (Å²) in [6, 6.07) is 8.19. The number of nitrogens with one attached hydrogen (secondary N) is 1. The van der Waals surface area contributed by atoms with Crippen molar-refractivity contribution in [2.45, 2.75) is 46.2 Å². The van der Waals surface area contributed by atoms with Crippen LogP contribution in [0.4, 0.5) is 0 Å². The second kappa shape index (κ2) is 8.52. The number of rotatable bonds is 6. The number of hydrogen-bond acceptors (Lipinski definition) is 4. The van der Waals surface area contributed by atoms with Crippen LogP contribution >= 0.6 is 0 Å². The number of carbonyl (C=O) groups excluding carboxylic acids is 2. The van der Waals surface area contributed by atoms with Gasteiger partial charge in [0.05, 0.1) is 12.1 Å². The number of amides is 2. The average Bonchev–Trinajstić information content (AvgIpc) is 2.99. The van der Waals surface area contributed by atoms with E-state index in [2.05, 4.69) is 30.1 Å². The van der Waals surface area contributed by atoms with E-state index in [0.29, 0.717) is 25.0 Å². The van der Waals surface area contributed by atoms with Crippen molar-refractivity contribution in [3.8, 4) is 5.75 Å². The third-order valence-electron chi connectivity index (χ3n) is 5.80. The quantitative estimate of drug-likeness (QED) is 0.814. The summed E-state index contributed by atoms with van der Waals surface area (Å²) in [5, 5.41) is 3.21. The van der Waals surface area contributed by atoms with E-state index in [1.165, 1.54) is 5.56 Å². The zero-order valence-electron chi connectivity index (χ0n) is 17.5. The molecule has 2 fully saturated rings. The standard InChI is InChI=1S/C22H33N3O3/c1-16(2)13-28-21-8-6-5-7-19(21)11-24-10-9-20-12-25(18(4)27)15-22(20,14-24)23-17(3)26/h5-8,16,20H,9-15H2,1-4H3,(H,23,26)/t20-,22-/m1/s1. The molecule has 0 aromatic heterocycles. The molecule has 3 rings (SSSR count). The Bertz CT molecular complexity index is 721. The van der Waals surface area contributed by atoms with E-state index in [9.17, 15) is 9.59 Å². The molecular formula is C22H33N3O3. The van der Waals surface area contributed by atoms with Crippen LogP contribution < -0.4 is 10.1 Å². The minimum absolute atomic E-state index is 0.0297. The van der Waals surface area contributed by atoms with Gasteiger partial charge in [0, 0.05) is 51.5 Å². The van der Waals surface area contributed by atoms with Gasteiger partial charge in [-0.15, -0.1) is 0 Å². The fraction of sp³-hybridized carbons (Fsp3) is 0.636. The molecule has 6 heteroatoms. The van der Waals surface area contributed by atoms with Gasteiger partial charge in [0.15, 0.2) is 0 Å². The third-order valence-corrected chi connectivity index (χ3v) is 5.80. The highest BCUT2D eigenvalue weighted by atomic mass is 16.5. The van der Waals surface area contributed by atoms with Gasteiger partial charge in [0.1, 0.15) is 5.75 Å². The van der Waals surface area contributed by atoms with Crippen molar-refractivity contribution in [1.29, 1.82) is 0 Å². The Morgan fingerprint density at radius 2 is 2.00 bits per heavy atom. The largest absolute Gasteiger partial charge is 0.493 e. The van der Waals surface area contributed by atoms with Crippen molar-refractivity contribution in [1.82, 2.24) is 15.1 Å². The summed E-state index contributed by atoms with van der Waals surface area (Å²) in [6.07, 6.45) is 0.971. The number of hydrogen-bond donors (Lipinski definition) is 1. The number of benzene rings is 1. The van der Waals surface area contributed by atoms with Crippen LogP contribution in [0.5, 0.6) is 5.75 Å². The summed E-state index contributed by atoms with van der Waals surface area (Å²) in [5.41, 5.74) is 0.810. The molecule has 0 spiro atoms. The predicted molar refractivity (Wildman–Crippen MR) is 109 cm³/mol. The fourth-order valence-corrected chi connectivity index (χ4v) is 4.52. The minimum atomic E-state index is -0.358. The monoisotopic (exact) mass is 387 g/mol. The molecule has 2 atom stereocenters. The number of carbonyl (C=O) groups is 2. The Labute approximate surface area is 168 Å². The maximum atomic E-state index is 11.9. The van der Waals surface area contributed by atoms with Gasteiger partial charge in [-0.3, -0.25) is 14.5 Å². The van der Waals surface area contributed by atoms with Gasteiger partial charge in [0.25, 0.3) is 0 Å². The molecule has 1 N–H and O–H groups in total. The number of para-hydroxylation sites is 1. The summed E-state index contributed by atoms with van der Waals surface area (Å²) in [5.74, 6) is 1.77. The van der Waals surface area contributed by atoms with Gasteiger partial charge in [-0.1, -0.05) is 32.0 Å². The van der Waals surface area contributed by atoms with E-state index in [-0.39, 0.29) is 17.4 Å². The van der Waals surface area contributed by atoms with Crippen molar-refractivity contribution >= 4 is 11.8 Å². The van der Waals surface area contributed by atoms with Crippen LogP contribution in [0.1, 0.15) is 39.7 Å². The number of likely N-dealkylation sites (tertiary alicyclic amines) is 2. The molecule has 1 aromatic carbocycles. The van der Waals surface area contributed by atoms with Crippen LogP contribution in [0.25, 0.3) is 0 Å². The predicted octanol–water partition coefficient (Wildman–Crippen LogP) is 2.28. The van der Waals surface area contributed by atoms with Crippen LogP contribution in [0, 0.1) is 11.8 Å². The zero-order chi connectivity index (χ0) is 20.3. The van der Waals surface area contributed by atoms with E-state index in [1.54, 1.807) is 13.8 Å². The van der Waals surface area contributed by atoms with Crippen molar-refractivity contribution < 1.29 is 14.3 Å². The maximum Gasteiger partial charge on any atom is 0.219 e. The van der Waals surface area contributed by atoms with Gasteiger partial charge in [0.2, 0.25) is 11.8 Å². The zero-order valence-corrected chi connectivity index (χ0v) is 17.5. The lowest BCUT2D eigenvalue weighted by atomic mass is 9.80. The number of nitrogens with zero attached hydrogens (tertiary/aromatic N) is 2. The molecule has 0 unspecified atom stereocenters. The molecule has 2 aliphatic rings. The molecule has 0 aliphatic carbocycles. The highest BCUT2D eigenvalue weighted by Crippen LogP contribution is 2.36. The van der Waals surface area contributed by atoms with Crippen molar-refractivity contribution in [3.05, 3.63) is 29.8 Å². The summed E-state index contributed by atoms with van der Waals surface area (Å²) >= 11 is 0. The molecule has 2 aliphatic heterocycles. The molecule has 0 saturated carbocycles. The van der Waals surface area contributed by atoms with E-state index >= 15 is 0 Å². The first-order valence-corrected chi connectivity index (χ1v) is 10.3. The van der Waals surface area contributed by atoms with Crippen LogP contribution in [-0.2, 0) is 16.1 Å². The normalized spacial score (nSPS) is 24.9. The number of piperidine rings is 1. The Kier molecular flexibility index (Phi) is 6.28. The first kappa shape index (κ1) is 20.6. The second-order valence-electron chi connectivity index (χ2n) is 8.75. The van der Waals surface area contributed by atoms with Gasteiger partial charge in [-0.05, 0) is 24.9 Å². The summed E-state index contributed by atoms with van der Waals surface area (Å²) < 4.78 is 6.02. The van der Waals surface area contributed by atoms with Gasteiger partial charge < -0.3 is 15.0 Å². The fourth-order valence-electron chi connectivity index (χ4n) is 4.52. The summed E-state index contributed by atoms with van der Waals surface area (Å²) in [4.78, 5) is 28.1. The molecule has 6 nitrogen and oxygen atoms in total. The first-order valence-electron chi connectivity index (χ1n) is 10.3. The van der Waals surface area contributed by atoms with Gasteiger partial charge in [-0.2, -0.15) is 0 Å². The number of fused-ring (bicyclic) bond motifs is 1. The summed E-state index contributed by atoms with van der Waals surface area (Å²) in [6.45, 7) is 12.0. The van der Waals surface area contributed by atoms with Gasteiger partial charge in [-0.25, -0.2) is 0 Å². The highest BCUT2D eigenvalue weighted by Gasteiger charge is 2.50. The van der Waals surface area contributed by atoms with Crippen LogP contribution in [-0.4, -0.2) is 59.9 Å². The molecule has 0 bridgehead atoms. The Morgan fingerprint density at radius 3 is 2.68 bits per heavy atom. The second-order valence-corrected chi connectivity index (χ2v) is 8.75. The first-order chi connectivity index (χ1) is 13.3. The smallest absolute Gasteiger partial charge is 0.219 e. The van der Waals surface area contributed by atoms with E-state index in [1.807, 2.05) is 23.1 Å². The van der Waals surface area contributed by atoms with Crippen LogP contribution in [0.3, 0.4) is 0 Å². The van der Waals surface area contributed by atoms with E-state index in [4.69, 9.17) is 4.74 Å². The lowest BCUT2D eigenvalue weighted by Gasteiger charge is -2.44. The number of ether oxygens (including phenoxy) is 1. The molecule has 2 heterocycles. The molecule has 0 radical (unpaired) electrons. The molecular weight excluding hydrogens is 354 g/mol. The molecule has 2 saturated heterocycles. The lowest BCUT2D eigenvalue weighted by Crippen LogP contribution is -2.63. The van der Waals surface area contributed by atoms with Crippen LogP contribution in [0.15, 0.2) is 24.3 Å². The van der Waals surface area contributed by atoms with E-state index < -0.39 is 0 Å². The Morgan fingerprint density at radius 1 is 1.25 bits per heavy atom. The SMILES string of the molecule is CC(=O)N[C@@]12CN(Cc3ccccc3OCC(C)C)CC[C@@H]1CN(C(C)=O)C2. The third kappa shape index (κ3) is 4.66. The minimum Gasteiger partial charge on any atom is -0.493 e. The summed E-state index contributed by atoms with van der Waals surface area (Å²) in [7, 11) is 0. The van der Waals surface area contributed by atoms with E-state index in [0.717, 1.165) is 38.3 Å². The average molecular weight is 388 g/mol. The molecule has 28 heavy (non-hydrogen) atoms. The molecule has 2 amide bonds. The Balaban J connectivity index is 1.75. The molecule has 154 valence electrons. The van der Waals surface area contributed by atoms with Crippen molar-refractivity contribution in [2.75, 3.05) is 32.8 Å². The molecule has 1 aromatic rings. The van der Waals surface area contributed by atoms with Crippen LogP contribution in [0.2, 0.25) is 0 Å². The lowest BCUT2D eigenvalue weighted by molar-refractivity contribution is -0.128. The van der Waals surface area contributed by atoms with Crippen molar-refractivity contribution in [3.63, 3.8) is 0 Å².